The van der Waals surface area contributed by atoms with E-state index in [-0.39, 0.29) is 18.2 Å². The van der Waals surface area contributed by atoms with Gasteiger partial charge in [0, 0.05) is 10.0 Å². The number of benzene rings is 3. The van der Waals surface area contributed by atoms with Crippen LogP contribution in [0.5, 0.6) is 17.2 Å². The van der Waals surface area contributed by atoms with Crippen LogP contribution < -0.4 is 25.0 Å². The van der Waals surface area contributed by atoms with E-state index in [1.165, 1.54) is 13.3 Å². The van der Waals surface area contributed by atoms with Crippen molar-refractivity contribution in [3.05, 3.63) is 87.9 Å². The van der Waals surface area contributed by atoms with Crippen molar-refractivity contribution in [3.63, 3.8) is 0 Å². The summed E-state index contributed by atoms with van der Waals surface area (Å²) < 4.78 is 17.2. The minimum atomic E-state index is -0.540. The minimum absolute atomic E-state index is 0.234. The van der Waals surface area contributed by atoms with Crippen molar-refractivity contribution < 1.29 is 28.6 Å². The fourth-order valence-electron chi connectivity index (χ4n) is 3.14. The molecule has 0 aliphatic heterocycles. The summed E-state index contributed by atoms with van der Waals surface area (Å²) in [6, 6.07) is 18.4. The van der Waals surface area contributed by atoms with Crippen LogP contribution >= 0.6 is 15.9 Å². The number of carbonyl (C=O) groups excluding carboxylic acids is 3. The number of carbonyl (C=O) groups is 3. The number of methoxy groups -OCH3 is 1. The highest BCUT2D eigenvalue weighted by molar-refractivity contribution is 9.10. The zero-order chi connectivity index (χ0) is 27.3. The molecule has 0 bridgehead atoms. The van der Waals surface area contributed by atoms with Gasteiger partial charge in [-0.3, -0.25) is 9.59 Å². The lowest BCUT2D eigenvalue weighted by Gasteiger charge is -2.10. The summed E-state index contributed by atoms with van der Waals surface area (Å²) in [7, 11) is 1.45. The first-order valence-electron chi connectivity index (χ1n) is 11.9. The molecule has 0 saturated carbocycles. The topological polar surface area (TPSA) is 115 Å². The van der Waals surface area contributed by atoms with Crippen molar-refractivity contribution in [1.82, 2.24) is 10.7 Å². The Morgan fingerprint density at radius 2 is 1.76 bits per heavy atom. The van der Waals surface area contributed by atoms with E-state index in [1.54, 1.807) is 66.7 Å². The van der Waals surface area contributed by atoms with E-state index in [2.05, 4.69) is 38.7 Å². The van der Waals surface area contributed by atoms with Crippen LogP contribution in [0, 0.1) is 0 Å². The fourth-order valence-corrected chi connectivity index (χ4v) is 3.54. The van der Waals surface area contributed by atoms with Crippen LogP contribution in [0.2, 0.25) is 0 Å². The third-order valence-electron chi connectivity index (χ3n) is 5.15. The quantitative estimate of drug-likeness (QED) is 0.105. The molecule has 0 spiro atoms. The van der Waals surface area contributed by atoms with Crippen LogP contribution in [0.4, 0.5) is 0 Å². The molecule has 38 heavy (non-hydrogen) atoms. The molecule has 0 saturated heterocycles. The predicted molar refractivity (Wildman–Crippen MR) is 147 cm³/mol. The van der Waals surface area contributed by atoms with Gasteiger partial charge in [0.2, 0.25) is 0 Å². The van der Waals surface area contributed by atoms with E-state index in [1.807, 2.05) is 0 Å². The predicted octanol–water partition coefficient (Wildman–Crippen LogP) is 4.74. The van der Waals surface area contributed by atoms with Gasteiger partial charge in [-0.2, -0.15) is 5.10 Å². The third-order valence-corrected chi connectivity index (χ3v) is 5.64. The Morgan fingerprint density at radius 1 is 0.974 bits per heavy atom. The number of hydrogen-bond donors (Lipinski definition) is 2. The molecule has 0 aliphatic rings. The molecule has 3 aromatic rings. The first kappa shape index (κ1) is 28.4. The van der Waals surface area contributed by atoms with Gasteiger partial charge in [0.05, 0.1) is 32.0 Å². The molecule has 9 nitrogen and oxygen atoms in total. The van der Waals surface area contributed by atoms with Gasteiger partial charge in [-0.05, 0) is 72.6 Å². The average molecular weight is 582 g/mol. The van der Waals surface area contributed by atoms with Crippen LogP contribution in [-0.4, -0.2) is 44.3 Å². The van der Waals surface area contributed by atoms with E-state index < -0.39 is 11.9 Å². The van der Waals surface area contributed by atoms with Crippen LogP contribution in [0.3, 0.4) is 0 Å². The average Bonchev–Trinajstić information content (AvgIpc) is 2.93. The number of hydrogen-bond acceptors (Lipinski definition) is 7. The minimum Gasteiger partial charge on any atom is -0.494 e. The second kappa shape index (κ2) is 14.5. The van der Waals surface area contributed by atoms with Crippen LogP contribution in [0.25, 0.3) is 0 Å². The molecule has 0 unspecified atom stereocenters. The second-order valence-corrected chi connectivity index (χ2v) is 8.93. The lowest BCUT2D eigenvalue weighted by molar-refractivity contribution is -0.120. The number of hydrazone groups is 1. The van der Waals surface area contributed by atoms with E-state index in [0.717, 1.165) is 17.3 Å². The Hall–Kier alpha value is -4.18. The molecule has 0 aromatic heterocycles. The Kier molecular flexibility index (Phi) is 10.9. The molecule has 0 atom stereocenters. The molecular formula is C28H28BrN3O6. The molecule has 3 rings (SSSR count). The number of unbranched alkanes of at least 4 members (excludes halogenated alkanes) is 1. The maximum Gasteiger partial charge on any atom is 0.343 e. The smallest absolute Gasteiger partial charge is 0.343 e. The molecule has 3 aromatic carbocycles. The van der Waals surface area contributed by atoms with Gasteiger partial charge in [0.25, 0.3) is 11.8 Å². The standard InChI is InChI=1S/C28H28BrN3O6/c1-3-4-14-37-23-11-9-20(10-12-23)28(35)38-24-13-8-19(15-25(24)36-2)17-31-32-26(33)18-30-27(34)21-6-5-7-22(29)16-21/h5-13,15-17H,3-4,14,18H2,1-2H3,(H,30,34)(H,32,33). The van der Waals surface area contributed by atoms with Crippen molar-refractivity contribution in [2.75, 3.05) is 20.3 Å². The van der Waals surface area contributed by atoms with Gasteiger partial charge in [-0.25, -0.2) is 10.2 Å². The number of nitrogens with one attached hydrogen (secondary N) is 2. The molecule has 10 heteroatoms. The Labute approximate surface area is 229 Å². The number of ether oxygens (including phenoxy) is 3. The van der Waals surface area contributed by atoms with Crippen molar-refractivity contribution in [2.24, 2.45) is 5.10 Å². The molecule has 0 aliphatic carbocycles. The van der Waals surface area contributed by atoms with Crippen LogP contribution in [0.15, 0.2) is 76.3 Å². The van der Waals surface area contributed by atoms with E-state index in [0.29, 0.717) is 34.8 Å². The first-order chi connectivity index (χ1) is 18.4. The maximum atomic E-state index is 12.6. The van der Waals surface area contributed by atoms with Crippen molar-refractivity contribution in [1.29, 1.82) is 0 Å². The summed E-state index contributed by atoms with van der Waals surface area (Å²) in [6.45, 7) is 2.47. The van der Waals surface area contributed by atoms with Crippen molar-refractivity contribution in [2.45, 2.75) is 19.8 Å². The third kappa shape index (κ3) is 8.74. The molecular weight excluding hydrogens is 554 g/mol. The van der Waals surface area contributed by atoms with Gasteiger partial charge >= 0.3 is 5.97 Å². The van der Waals surface area contributed by atoms with Gasteiger partial charge in [0.15, 0.2) is 11.5 Å². The summed E-state index contributed by atoms with van der Waals surface area (Å²) in [6.07, 6.45) is 3.40. The number of rotatable bonds is 12. The number of nitrogens with zero attached hydrogens (tertiary/aromatic N) is 1. The Morgan fingerprint density at radius 3 is 2.47 bits per heavy atom. The van der Waals surface area contributed by atoms with Crippen molar-refractivity contribution >= 4 is 39.9 Å². The zero-order valence-electron chi connectivity index (χ0n) is 21.0. The number of halogens is 1. The van der Waals surface area contributed by atoms with Crippen LogP contribution in [0.1, 0.15) is 46.0 Å². The van der Waals surface area contributed by atoms with Gasteiger partial charge in [-0.1, -0.05) is 35.3 Å². The molecule has 0 radical (unpaired) electrons. The molecule has 2 N–H and O–H groups in total. The van der Waals surface area contributed by atoms with Gasteiger partial charge in [0.1, 0.15) is 5.75 Å². The lowest BCUT2D eigenvalue weighted by atomic mass is 10.2. The summed E-state index contributed by atoms with van der Waals surface area (Å²) in [5, 5.41) is 6.42. The number of amides is 2. The van der Waals surface area contributed by atoms with Crippen molar-refractivity contribution in [3.8, 4) is 17.2 Å². The highest BCUT2D eigenvalue weighted by atomic mass is 79.9. The zero-order valence-corrected chi connectivity index (χ0v) is 22.6. The summed E-state index contributed by atoms with van der Waals surface area (Å²) >= 11 is 3.30. The summed E-state index contributed by atoms with van der Waals surface area (Å²) in [5.74, 6) is -0.177. The Balaban J connectivity index is 1.51. The van der Waals surface area contributed by atoms with E-state index in [4.69, 9.17) is 14.2 Å². The van der Waals surface area contributed by atoms with Gasteiger partial charge < -0.3 is 19.5 Å². The fraction of sp³-hybridized carbons (Fsp3) is 0.214. The largest absolute Gasteiger partial charge is 0.494 e. The second-order valence-electron chi connectivity index (χ2n) is 8.01. The summed E-state index contributed by atoms with van der Waals surface area (Å²) in [5.41, 5.74) is 3.74. The molecule has 2 amide bonds. The number of esters is 1. The SMILES string of the molecule is CCCCOc1ccc(C(=O)Oc2ccc(C=NNC(=O)CNC(=O)c3cccc(Br)c3)cc2OC)cc1. The normalized spacial score (nSPS) is 10.6. The maximum absolute atomic E-state index is 12.6. The highest BCUT2D eigenvalue weighted by Gasteiger charge is 2.13. The monoisotopic (exact) mass is 581 g/mol. The lowest BCUT2D eigenvalue weighted by Crippen LogP contribution is -2.34. The highest BCUT2D eigenvalue weighted by Crippen LogP contribution is 2.28. The molecule has 0 fully saturated rings. The van der Waals surface area contributed by atoms with Gasteiger partial charge in [-0.15, -0.1) is 0 Å². The Bertz CT molecular complexity index is 1290. The molecule has 198 valence electrons. The molecule has 0 heterocycles. The van der Waals surface area contributed by atoms with Crippen LogP contribution in [-0.2, 0) is 4.79 Å². The summed E-state index contributed by atoms with van der Waals surface area (Å²) in [4.78, 5) is 36.7. The first-order valence-corrected chi connectivity index (χ1v) is 12.7. The van der Waals surface area contributed by atoms with E-state index in [9.17, 15) is 14.4 Å². The van der Waals surface area contributed by atoms with E-state index >= 15 is 0 Å².